The van der Waals surface area contributed by atoms with E-state index in [0.717, 1.165) is 0 Å². The van der Waals surface area contributed by atoms with Crippen molar-refractivity contribution in [2.45, 2.75) is 13.5 Å². The van der Waals surface area contributed by atoms with E-state index in [0.29, 0.717) is 0 Å². The minimum atomic E-state index is -0.672. The molecule has 0 bridgehead atoms. The molecule has 0 radical (unpaired) electrons. The molecule has 66 valence electrons. The van der Waals surface area contributed by atoms with Crippen molar-refractivity contribution in [3.8, 4) is 0 Å². The molecule has 2 rings (SSSR count). The Hall–Kier alpha value is -1.08. The van der Waals surface area contributed by atoms with Crippen molar-refractivity contribution < 1.29 is 0 Å². The molecule has 1 aromatic carbocycles. The first-order valence-corrected chi connectivity index (χ1v) is 7.13. The van der Waals surface area contributed by atoms with Crippen LogP contribution in [-0.2, 0) is 0 Å². The molecule has 1 aliphatic rings. The maximum absolute atomic E-state index is 2.40. The molecule has 1 aromatic rings. The standard InChI is InChI=1S/C12H14Si/c1-10-12(8-9-13(10)2)11-6-4-3-5-7-11/h3-9,13H,1-2H3. The van der Waals surface area contributed by atoms with Crippen molar-refractivity contribution in [2.24, 2.45) is 0 Å². The van der Waals surface area contributed by atoms with Crippen LogP contribution in [0.25, 0.3) is 5.57 Å². The maximum Gasteiger partial charge on any atom is 0.0863 e. The Balaban J connectivity index is 2.44. The van der Waals surface area contributed by atoms with Crippen molar-refractivity contribution in [1.29, 1.82) is 0 Å². The molecule has 0 N–H and O–H groups in total. The third-order valence-electron chi connectivity index (χ3n) is 2.74. The zero-order chi connectivity index (χ0) is 9.26. The molecule has 0 fully saturated rings. The number of hydrogen-bond acceptors (Lipinski definition) is 0. The summed E-state index contributed by atoms with van der Waals surface area (Å²) in [6, 6.07) is 10.7. The van der Waals surface area contributed by atoms with Crippen LogP contribution in [0.5, 0.6) is 0 Å². The Kier molecular flexibility index (Phi) is 2.19. The largest absolute Gasteiger partial charge is 0.0929 e. The Morgan fingerprint density at radius 3 is 2.31 bits per heavy atom. The van der Waals surface area contributed by atoms with Gasteiger partial charge in [-0.1, -0.05) is 53.9 Å². The Bertz CT molecular complexity index is 360. The van der Waals surface area contributed by atoms with Gasteiger partial charge in [0.15, 0.2) is 0 Å². The van der Waals surface area contributed by atoms with Gasteiger partial charge >= 0.3 is 0 Å². The van der Waals surface area contributed by atoms with E-state index < -0.39 is 8.80 Å². The molecule has 0 saturated carbocycles. The highest BCUT2D eigenvalue weighted by atomic mass is 28.3. The normalized spacial score (nSPS) is 21.2. The predicted octanol–water partition coefficient (Wildman–Crippen LogP) is 2.97. The lowest BCUT2D eigenvalue weighted by molar-refractivity contribution is 1.57. The third kappa shape index (κ3) is 1.52. The van der Waals surface area contributed by atoms with Crippen LogP contribution >= 0.6 is 0 Å². The summed E-state index contributed by atoms with van der Waals surface area (Å²) >= 11 is 0. The average molecular weight is 186 g/mol. The Labute approximate surface area is 81.2 Å². The highest BCUT2D eigenvalue weighted by Crippen LogP contribution is 2.26. The molecular weight excluding hydrogens is 172 g/mol. The van der Waals surface area contributed by atoms with Crippen molar-refractivity contribution in [3.63, 3.8) is 0 Å². The molecule has 0 saturated heterocycles. The predicted molar refractivity (Wildman–Crippen MR) is 61.2 cm³/mol. The van der Waals surface area contributed by atoms with Crippen LogP contribution in [0.3, 0.4) is 0 Å². The first kappa shape index (κ1) is 8.51. The van der Waals surface area contributed by atoms with Gasteiger partial charge in [0.25, 0.3) is 0 Å². The summed E-state index contributed by atoms with van der Waals surface area (Å²) in [4.78, 5) is 0. The van der Waals surface area contributed by atoms with Gasteiger partial charge in [0.05, 0.1) is 8.80 Å². The van der Waals surface area contributed by atoms with Gasteiger partial charge in [-0.25, -0.2) is 0 Å². The number of benzene rings is 1. The SMILES string of the molecule is CC1=C(c2ccccc2)C=C[SiH]1C. The van der Waals surface area contributed by atoms with E-state index >= 15 is 0 Å². The quantitative estimate of drug-likeness (QED) is 0.592. The summed E-state index contributed by atoms with van der Waals surface area (Å²) in [7, 11) is -0.672. The van der Waals surface area contributed by atoms with Crippen molar-refractivity contribution in [3.05, 3.63) is 52.9 Å². The van der Waals surface area contributed by atoms with Gasteiger partial charge in [0.1, 0.15) is 0 Å². The van der Waals surface area contributed by atoms with E-state index in [2.05, 4.69) is 55.6 Å². The molecule has 0 aromatic heterocycles. The van der Waals surface area contributed by atoms with Gasteiger partial charge < -0.3 is 0 Å². The minimum Gasteiger partial charge on any atom is -0.0929 e. The van der Waals surface area contributed by atoms with Crippen LogP contribution in [0.15, 0.2) is 47.3 Å². The van der Waals surface area contributed by atoms with Crippen molar-refractivity contribution >= 4 is 14.4 Å². The van der Waals surface area contributed by atoms with Crippen LogP contribution in [0.2, 0.25) is 6.55 Å². The van der Waals surface area contributed by atoms with Crippen LogP contribution in [0.4, 0.5) is 0 Å². The Morgan fingerprint density at radius 1 is 1.08 bits per heavy atom. The van der Waals surface area contributed by atoms with E-state index in [1.807, 2.05) is 0 Å². The molecule has 0 spiro atoms. The number of allylic oxidation sites excluding steroid dienone is 3. The smallest absolute Gasteiger partial charge is 0.0863 e. The number of rotatable bonds is 1. The summed E-state index contributed by atoms with van der Waals surface area (Å²) < 4.78 is 0. The molecule has 0 amide bonds. The molecule has 1 atom stereocenters. The van der Waals surface area contributed by atoms with Gasteiger partial charge in [-0.05, 0) is 18.1 Å². The fraction of sp³-hybridized carbons (Fsp3) is 0.167. The summed E-state index contributed by atoms with van der Waals surface area (Å²) in [6.45, 7) is 4.65. The second-order valence-corrected chi connectivity index (χ2v) is 6.44. The van der Waals surface area contributed by atoms with Gasteiger partial charge in [-0.15, -0.1) is 0 Å². The summed E-state index contributed by atoms with van der Waals surface area (Å²) in [5.74, 6) is 0. The first-order chi connectivity index (χ1) is 6.29. The van der Waals surface area contributed by atoms with E-state index in [1.165, 1.54) is 11.1 Å². The summed E-state index contributed by atoms with van der Waals surface area (Å²) in [5, 5.41) is 1.62. The fourth-order valence-corrected chi connectivity index (χ4v) is 3.23. The van der Waals surface area contributed by atoms with Crippen molar-refractivity contribution in [1.82, 2.24) is 0 Å². The van der Waals surface area contributed by atoms with Crippen LogP contribution in [-0.4, -0.2) is 8.80 Å². The van der Waals surface area contributed by atoms with E-state index in [-0.39, 0.29) is 0 Å². The highest BCUT2D eigenvalue weighted by Gasteiger charge is 2.13. The van der Waals surface area contributed by atoms with Crippen LogP contribution in [0, 0.1) is 0 Å². The topological polar surface area (TPSA) is 0 Å². The Morgan fingerprint density at radius 2 is 1.77 bits per heavy atom. The molecule has 1 heterocycles. The van der Waals surface area contributed by atoms with Gasteiger partial charge in [0.2, 0.25) is 0 Å². The average Bonchev–Trinajstić information content (AvgIpc) is 2.49. The first-order valence-electron chi connectivity index (χ1n) is 4.73. The van der Waals surface area contributed by atoms with Gasteiger partial charge in [-0.3, -0.25) is 0 Å². The lowest BCUT2D eigenvalue weighted by Gasteiger charge is -2.04. The van der Waals surface area contributed by atoms with Crippen LogP contribution in [0.1, 0.15) is 12.5 Å². The second kappa shape index (κ2) is 3.34. The molecule has 0 aliphatic carbocycles. The lowest BCUT2D eigenvalue weighted by atomic mass is 10.1. The van der Waals surface area contributed by atoms with E-state index in [4.69, 9.17) is 0 Å². The fourth-order valence-electron chi connectivity index (χ4n) is 1.70. The van der Waals surface area contributed by atoms with Crippen LogP contribution < -0.4 is 0 Å². The maximum atomic E-state index is 2.40. The zero-order valence-electron chi connectivity index (χ0n) is 8.12. The highest BCUT2D eigenvalue weighted by molar-refractivity contribution is 6.73. The van der Waals surface area contributed by atoms with Gasteiger partial charge in [0, 0.05) is 0 Å². The van der Waals surface area contributed by atoms with Crippen molar-refractivity contribution in [2.75, 3.05) is 0 Å². The minimum absolute atomic E-state index is 0.672. The lowest BCUT2D eigenvalue weighted by Crippen LogP contribution is -2.01. The monoisotopic (exact) mass is 186 g/mol. The number of hydrogen-bond donors (Lipinski definition) is 0. The molecule has 1 heteroatoms. The zero-order valence-corrected chi connectivity index (χ0v) is 9.27. The van der Waals surface area contributed by atoms with Gasteiger partial charge in [-0.2, -0.15) is 0 Å². The van der Waals surface area contributed by atoms with E-state index in [1.54, 1.807) is 5.20 Å². The molecular formula is C12H14Si. The third-order valence-corrected chi connectivity index (χ3v) is 5.19. The molecule has 1 aliphatic heterocycles. The molecule has 0 nitrogen and oxygen atoms in total. The molecule has 1 unspecified atom stereocenters. The summed E-state index contributed by atoms with van der Waals surface area (Å²) in [5.41, 5.74) is 5.23. The summed E-state index contributed by atoms with van der Waals surface area (Å²) in [6.07, 6.45) is 2.29. The van der Waals surface area contributed by atoms with E-state index in [9.17, 15) is 0 Å². The molecule has 13 heavy (non-hydrogen) atoms. The second-order valence-electron chi connectivity index (χ2n) is 3.61.